The Balaban J connectivity index is 0.00000256. The molecule has 0 amide bonds. The molecule has 0 aromatic carbocycles. The summed E-state index contributed by atoms with van der Waals surface area (Å²) in [6.07, 6.45) is 8.83. The minimum absolute atomic E-state index is 0. The Kier molecular flexibility index (Phi) is 10.5. The average molecular weight is 371 g/mol. The van der Waals surface area contributed by atoms with Crippen molar-refractivity contribution < 1.29 is 0 Å². The van der Waals surface area contributed by atoms with Gasteiger partial charge in [-0.25, -0.2) is 0 Å². The van der Waals surface area contributed by atoms with E-state index in [9.17, 15) is 0 Å². The third kappa shape index (κ3) is 7.39. The van der Waals surface area contributed by atoms with Crippen molar-refractivity contribution in [3.05, 3.63) is 0 Å². The number of halogens is 1. The van der Waals surface area contributed by atoms with Crippen molar-refractivity contribution in [2.75, 3.05) is 19.8 Å². The molecule has 1 atom stereocenters. The van der Waals surface area contributed by atoms with Gasteiger partial charge in [0, 0.05) is 24.9 Å². The Morgan fingerprint density at radius 2 is 2.00 bits per heavy atom. The number of nitrogens with one attached hydrogen (secondary N) is 2. The van der Waals surface area contributed by atoms with E-state index in [1.165, 1.54) is 32.1 Å². The van der Waals surface area contributed by atoms with Gasteiger partial charge in [-0.05, 0) is 19.1 Å². The first-order valence-electron chi connectivity index (χ1n) is 6.26. The van der Waals surface area contributed by atoms with Crippen molar-refractivity contribution in [3.8, 4) is 0 Å². The molecule has 0 heterocycles. The highest BCUT2D eigenvalue weighted by molar-refractivity contribution is 14.0. The van der Waals surface area contributed by atoms with E-state index >= 15 is 0 Å². The summed E-state index contributed by atoms with van der Waals surface area (Å²) in [7, 11) is 1.85. The molecule has 0 radical (unpaired) electrons. The summed E-state index contributed by atoms with van der Waals surface area (Å²) in [6, 6.07) is 0.629. The van der Waals surface area contributed by atoms with Gasteiger partial charge in [0.25, 0.3) is 0 Å². The molecule has 0 aliphatic heterocycles. The van der Waals surface area contributed by atoms with Crippen LogP contribution in [0, 0.1) is 0 Å². The lowest BCUT2D eigenvalue weighted by Gasteiger charge is -2.25. The Hall–Kier alpha value is 0.350. The molecule has 5 heteroatoms. The summed E-state index contributed by atoms with van der Waals surface area (Å²) in [5.41, 5.74) is 0. The van der Waals surface area contributed by atoms with Gasteiger partial charge in [-0.15, -0.1) is 24.0 Å². The Labute approximate surface area is 127 Å². The van der Waals surface area contributed by atoms with Crippen molar-refractivity contribution in [1.29, 1.82) is 0 Å². The summed E-state index contributed by atoms with van der Waals surface area (Å²) in [4.78, 5) is 4.27. The van der Waals surface area contributed by atoms with Crippen molar-refractivity contribution in [2.24, 2.45) is 4.99 Å². The van der Waals surface area contributed by atoms with Crippen LogP contribution in [0.4, 0.5) is 0 Å². The molecule has 1 aliphatic rings. The smallest absolute Gasteiger partial charge is 0.191 e. The molecule has 1 aliphatic carbocycles. The molecule has 2 N–H and O–H groups in total. The van der Waals surface area contributed by atoms with E-state index in [0.717, 1.165) is 12.5 Å². The minimum atomic E-state index is 0. The average Bonchev–Trinajstić information content (AvgIpc) is 2.35. The number of guanidine groups is 1. The predicted molar refractivity (Wildman–Crippen MR) is 89.8 cm³/mol. The predicted octanol–water partition coefficient (Wildman–Crippen LogP) is 2.85. The summed E-state index contributed by atoms with van der Waals surface area (Å²) in [6.45, 7) is 3.21. The molecule has 102 valence electrons. The van der Waals surface area contributed by atoms with Gasteiger partial charge in [0.1, 0.15) is 0 Å². The van der Waals surface area contributed by atoms with Crippen molar-refractivity contribution in [2.45, 2.75) is 50.3 Å². The molecule has 0 saturated heterocycles. The largest absolute Gasteiger partial charge is 0.355 e. The van der Waals surface area contributed by atoms with Gasteiger partial charge in [0.15, 0.2) is 5.96 Å². The molecule has 0 aromatic rings. The first-order valence-corrected chi connectivity index (χ1v) is 7.55. The maximum absolute atomic E-state index is 4.27. The normalized spacial score (nSPS) is 19.4. The van der Waals surface area contributed by atoms with Gasteiger partial charge in [-0.3, -0.25) is 4.99 Å². The molecule has 1 unspecified atom stereocenters. The van der Waals surface area contributed by atoms with Crippen LogP contribution in [-0.4, -0.2) is 37.1 Å². The molecule has 3 nitrogen and oxygen atoms in total. The molecule has 17 heavy (non-hydrogen) atoms. The summed E-state index contributed by atoms with van der Waals surface area (Å²) >= 11 is 1.88. The van der Waals surface area contributed by atoms with E-state index in [-0.39, 0.29) is 24.0 Å². The van der Waals surface area contributed by atoms with Crippen LogP contribution in [0.5, 0.6) is 0 Å². The second-order valence-electron chi connectivity index (χ2n) is 4.48. The lowest BCUT2D eigenvalue weighted by Crippen LogP contribution is -2.45. The van der Waals surface area contributed by atoms with Crippen LogP contribution >= 0.6 is 35.7 Å². The molecule has 1 rings (SSSR count). The highest BCUT2D eigenvalue weighted by Crippen LogP contribution is 2.17. The zero-order valence-electron chi connectivity index (χ0n) is 11.2. The van der Waals surface area contributed by atoms with Crippen molar-refractivity contribution in [3.63, 3.8) is 0 Å². The minimum Gasteiger partial charge on any atom is -0.355 e. The second kappa shape index (κ2) is 10.3. The number of hydrogen-bond donors (Lipinski definition) is 2. The zero-order valence-corrected chi connectivity index (χ0v) is 14.3. The standard InChI is InChI=1S/C12H25N3S.HI/c1-10(16-3)9-14-12(13-2)15-11-7-5-4-6-8-11;/h10-11H,4-9H2,1-3H3,(H2,13,14,15);1H. The quantitative estimate of drug-likeness (QED) is 0.453. The first-order chi connectivity index (χ1) is 7.76. The fourth-order valence-corrected chi connectivity index (χ4v) is 2.21. The van der Waals surface area contributed by atoms with E-state index in [2.05, 4.69) is 28.8 Å². The fraction of sp³-hybridized carbons (Fsp3) is 0.917. The van der Waals surface area contributed by atoms with Gasteiger partial charge in [0.2, 0.25) is 0 Å². The van der Waals surface area contributed by atoms with E-state index in [4.69, 9.17) is 0 Å². The monoisotopic (exact) mass is 371 g/mol. The topological polar surface area (TPSA) is 36.4 Å². The Bertz CT molecular complexity index is 218. The zero-order chi connectivity index (χ0) is 11.8. The van der Waals surface area contributed by atoms with Crippen LogP contribution in [0.15, 0.2) is 4.99 Å². The van der Waals surface area contributed by atoms with Crippen molar-refractivity contribution in [1.82, 2.24) is 10.6 Å². The highest BCUT2D eigenvalue weighted by atomic mass is 127. The maximum Gasteiger partial charge on any atom is 0.191 e. The van der Waals surface area contributed by atoms with Gasteiger partial charge >= 0.3 is 0 Å². The number of rotatable bonds is 4. The summed E-state index contributed by atoms with van der Waals surface area (Å²) < 4.78 is 0. The van der Waals surface area contributed by atoms with Gasteiger partial charge in [-0.1, -0.05) is 26.2 Å². The SMILES string of the molecule is CN=C(NCC(C)SC)NC1CCCCC1.I. The van der Waals surface area contributed by atoms with Crippen LogP contribution in [-0.2, 0) is 0 Å². The third-order valence-corrected chi connectivity index (χ3v) is 4.10. The second-order valence-corrected chi connectivity index (χ2v) is 5.75. The molecular formula is C12H26IN3S. The number of nitrogens with zero attached hydrogens (tertiary/aromatic N) is 1. The van der Waals surface area contributed by atoms with Crippen LogP contribution in [0.25, 0.3) is 0 Å². The molecule has 0 bridgehead atoms. The fourth-order valence-electron chi connectivity index (χ4n) is 1.96. The van der Waals surface area contributed by atoms with E-state index < -0.39 is 0 Å². The number of aliphatic imine (C=N–C) groups is 1. The molecule has 0 spiro atoms. The van der Waals surface area contributed by atoms with E-state index in [0.29, 0.717) is 11.3 Å². The van der Waals surface area contributed by atoms with E-state index in [1.807, 2.05) is 18.8 Å². The van der Waals surface area contributed by atoms with Gasteiger partial charge in [-0.2, -0.15) is 11.8 Å². The molecule has 0 aromatic heterocycles. The Morgan fingerprint density at radius 3 is 2.53 bits per heavy atom. The molecule has 1 fully saturated rings. The van der Waals surface area contributed by atoms with Crippen LogP contribution in [0.3, 0.4) is 0 Å². The lowest BCUT2D eigenvalue weighted by atomic mass is 9.96. The molecule has 1 saturated carbocycles. The van der Waals surface area contributed by atoms with Gasteiger partial charge in [0.05, 0.1) is 0 Å². The Morgan fingerprint density at radius 1 is 1.35 bits per heavy atom. The van der Waals surface area contributed by atoms with Crippen LogP contribution in [0.2, 0.25) is 0 Å². The van der Waals surface area contributed by atoms with Crippen molar-refractivity contribution >= 4 is 41.7 Å². The van der Waals surface area contributed by atoms with Crippen LogP contribution in [0.1, 0.15) is 39.0 Å². The summed E-state index contributed by atoms with van der Waals surface area (Å²) in [5.74, 6) is 0.966. The van der Waals surface area contributed by atoms with Crippen LogP contribution < -0.4 is 10.6 Å². The lowest BCUT2D eigenvalue weighted by molar-refractivity contribution is 0.410. The van der Waals surface area contributed by atoms with Gasteiger partial charge < -0.3 is 10.6 Å². The number of hydrogen-bond acceptors (Lipinski definition) is 2. The maximum atomic E-state index is 4.27. The first kappa shape index (κ1) is 17.4. The highest BCUT2D eigenvalue weighted by Gasteiger charge is 2.14. The van der Waals surface area contributed by atoms with E-state index in [1.54, 1.807) is 0 Å². The number of thioether (sulfide) groups is 1. The third-order valence-electron chi connectivity index (χ3n) is 3.13. The molecular weight excluding hydrogens is 345 g/mol. The summed E-state index contributed by atoms with van der Waals surface area (Å²) in [5, 5.41) is 7.53.